The number of methoxy groups -OCH3 is 1. The number of benzene rings is 4. The molecule has 0 saturated carbocycles. The summed E-state index contributed by atoms with van der Waals surface area (Å²) in [5.41, 5.74) is 1.86. The normalized spacial score (nSPS) is 15.0. The number of nitro groups is 1. The van der Waals surface area contributed by atoms with Crippen LogP contribution in [0.3, 0.4) is 0 Å². The van der Waals surface area contributed by atoms with Gasteiger partial charge < -0.3 is 20.6 Å². The van der Waals surface area contributed by atoms with E-state index < -0.39 is 33.1 Å². The molecular weight excluding hydrogens is 671 g/mol. The zero-order valence-corrected chi connectivity index (χ0v) is 26.6. The van der Waals surface area contributed by atoms with E-state index in [-0.39, 0.29) is 36.0 Å². The summed E-state index contributed by atoms with van der Waals surface area (Å²) < 4.78 is 66.7. The molecule has 0 spiro atoms. The molecule has 3 N–H and O–H groups in total. The van der Waals surface area contributed by atoms with Crippen LogP contribution < -0.4 is 10.6 Å². The first-order valence-electron chi connectivity index (χ1n) is 14.4. The van der Waals surface area contributed by atoms with Crippen LogP contribution in [0.1, 0.15) is 23.1 Å². The lowest BCUT2D eigenvalue weighted by Crippen LogP contribution is -2.44. The van der Waals surface area contributed by atoms with Crippen LogP contribution in [0.2, 0.25) is 0 Å². The highest BCUT2D eigenvalue weighted by molar-refractivity contribution is 7.89. The second-order valence-corrected chi connectivity index (χ2v) is 12.6. The highest BCUT2D eigenvalue weighted by atomic mass is 32.2. The van der Waals surface area contributed by atoms with Gasteiger partial charge in [0.25, 0.3) is 5.69 Å². The summed E-state index contributed by atoms with van der Waals surface area (Å²) in [5.74, 6) is 2.75. The fourth-order valence-corrected chi connectivity index (χ4v) is 6.80. The number of amides is 1. The molecule has 0 radical (unpaired) electrons. The van der Waals surface area contributed by atoms with Crippen LogP contribution >= 0.6 is 0 Å². The predicted octanol–water partition coefficient (Wildman–Crippen LogP) is 4.67. The van der Waals surface area contributed by atoms with Crippen molar-refractivity contribution in [2.75, 3.05) is 13.7 Å². The van der Waals surface area contributed by atoms with E-state index in [1.54, 1.807) is 35.2 Å². The van der Waals surface area contributed by atoms with Crippen LogP contribution in [0.25, 0.3) is 10.8 Å². The van der Waals surface area contributed by atoms with Crippen molar-refractivity contribution in [3.05, 3.63) is 112 Å². The van der Waals surface area contributed by atoms with Gasteiger partial charge in [0.1, 0.15) is 11.8 Å². The molecule has 1 heterocycles. The van der Waals surface area contributed by atoms with E-state index in [1.165, 1.54) is 37.6 Å². The predicted molar refractivity (Wildman–Crippen MR) is 172 cm³/mol. The van der Waals surface area contributed by atoms with Gasteiger partial charge in [-0.05, 0) is 64.2 Å². The molecule has 0 aromatic heterocycles. The third kappa shape index (κ3) is 8.88. The molecule has 4 aromatic rings. The number of likely N-dealkylation sites (tertiary alicyclic amines) is 1. The van der Waals surface area contributed by atoms with Crippen LogP contribution in [0.4, 0.5) is 18.9 Å². The third-order valence-electron chi connectivity index (χ3n) is 7.49. The molecule has 1 amide bonds. The Kier molecular flexibility index (Phi) is 11.2. The van der Waals surface area contributed by atoms with Crippen LogP contribution in [0.15, 0.2) is 94.9 Å². The number of ether oxygens (including phenoxy) is 1. The second kappa shape index (κ2) is 15.1. The summed E-state index contributed by atoms with van der Waals surface area (Å²) in [4.78, 5) is 35.1. The monoisotopic (exact) mass is 701 g/mol. The summed E-state index contributed by atoms with van der Waals surface area (Å²) >= 11 is 0. The van der Waals surface area contributed by atoms with Crippen molar-refractivity contribution >= 4 is 44.6 Å². The highest BCUT2D eigenvalue weighted by Gasteiger charge is 2.42. The number of halogens is 3. The minimum atomic E-state index is -5.08. The number of hydrogen-bond donors (Lipinski definition) is 2. The number of sulfonamides is 1. The van der Waals surface area contributed by atoms with E-state index >= 15 is 0 Å². The van der Waals surface area contributed by atoms with E-state index in [0.29, 0.717) is 23.2 Å². The standard InChI is InChI=1S/C30H29N5O6S.C2HF3O2/c1-41-27-10-8-24-9-11-28(17-25(24)16-27)42(39,40)34(20-23-6-3-7-26(15-23)35(37)38)29-12-13-33(30(29)36)19-22-5-2-4-21(14-22)18-32-31;3-2(4,5)1(6)7/h2-11,14-18,29H,12-13,19-20,31H2,1H3;(H,6,7)/t29-;/m0./s1. The quantitative estimate of drug-likeness (QED) is 0.103. The van der Waals surface area contributed by atoms with Crippen LogP contribution in [0.5, 0.6) is 5.75 Å². The Labute approximate surface area is 278 Å². The topological polar surface area (TPSA) is 186 Å². The van der Waals surface area contributed by atoms with E-state index in [1.807, 2.05) is 30.3 Å². The number of aliphatic carboxylic acids is 1. The van der Waals surface area contributed by atoms with Crippen molar-refractivity contribution in [2.45, 2.75) is 36.6 Å². The minimum absolute atomic E-state index is 0.00806. The average Bonchev–Trinajstić information content (AvgIpc) is 3.41. The Morgan fingerprint density at radius 1 is 1.08 bits per heavy atom. The zero-order chi connectivity index (χ0) is 35.9. The summed E-state index contributed by atoms with van der Waals surface area (Å²) in [7, 11) is -2.70. The molecule has 49 heavy (non-hydrogen) atoms. The number of fused-ring (bicyclic) bond motifs is 1. The van der Waals surface area contributed by atoms with Gasteiger partial charge in [-0.25, -0.2) is 13.2 Å². The maximum atomic E-state index is 14.2. The third-order valence-corrected chi connectivity index (χ3v) is 9.34. The summed E-state index contributed by atoms with van der Waals surface area (Å²) in [6.45, 7) is 0.406. The molecule has 1 aliphatic rings. The molecule has 13 nitrogen and oxygen atoms in total. The van der Waals surface area contributed by atoms with Crippen LogP contribution in [-0.4, -0.2) is 71.6 Å². The molecule has 1 atom stereocenters. The van der Waals surface area contributed by atoms with Crippen molar-refractivity contribution in [3.63, 3.8) is 0 Å². The van der Waals surface area contributed by atoms with Gasteiger partial charge in [0.15, 0.2) is 0 Å². The van der Waals surface area contributed by atoms with Crippen LogP contribution in [0, 0.1) is 10.1 Å². The molecule has 1 fully saturated rings. The molecule has 17 heteroatoms. The van der Waals surface area contributed by atoms with Gasteiger partial charge in [0, 0.05) is 31.8 Å². The number of hydrogen-bond acceptors (Lipinski definition) is 9. The first kappa shape index (κ1) is 36.3. The number of carbonyl (C=O) groups excluding carboxylic acids is 1. The SMILES string of the molecule is COc1ccc2ccc(S(=O)(=O)N(Cc3cccc([N+](=O)[O-])c3)[C@H]3CCN(Cc4cccc(C=NN)c4)C3=O)cc2c1.O=C(O)C(F)(F)F. The second-order valence-electron chi connectivity index (χ2n) is 10.7. The van der Waals surface area contributed by atoms with E-state index in [2.05, 4.69) is 5.10 Å². The van der Waals surface area contributed by atoms with Crippen molar-refractivity contribution in [3.8, 4) is 5.75 Å². The fourth-order valence-electron chi connectivity index (χ4n) is 5.16. The molecule has 0 bridgehead atoms. The largest absolute Gasteiger partial charge is 0.497 e. The van der Waals surface area contributed by atoms with Gasteiger partial charge in [0.05, 0.1) is 23.1 Å². The Hall–Kier alpha value is -5.55. The smallest absolute Gasteiger partial charge is 0.490 e. The van der Waals surface area contributed by atoms with Gasteiger partial charge in [0.2, 0.25) is 15.9 Å². The molecule has 1 aliphatic heterocycles. The lowest BCUT2D eigenvalue weighted by Gasteiger charge is -2.28. The van der Waals surface area contributed by atoms with Crippen molar-refractivity contribution in [1.29, 1.82) is 0 Å². The summed E-state index contributed by atoms with van der Waals surface area (Å²) in [5, 5.41) is 23.6. The average molecular weight is 702 g/mol. The number of rotatable bonds is 10. The Morgan fingerprint density at radius 3 is 2.41 bits per heavy atom. The molecule has 5 rings (SSSR count). The number of carboxylic acids is 1. The number of nitro benzene ring substituents is 1. The Balaban J connectivity index is 0.000000698. The lowest BCUT2D eigenvalue weighted by atomic mass is 10.1. The molecular formula is C32H30F3N5O8S. The molecule has 1 saturated heterocycles. The van der Waals surface area contributed by atoms with Gasteiger partial charge in [-0.3, -0.25) is 14.9 Å². The van der Waals surface area contributed by atoms with Crippen molar-refractivity contribution in [1.82, 2.24) is 9.21 Å². The number of non-ortho nitro benzene ring substituents is 1. The number of carboxylic acid groups (broad SMARTS) is 1. The highest BCUT2D eigenvalue weighted by Crippen LogP contribution is 2.31. The fraction of sp³-hybridized carbons (Fsp3) is 0.219. The van der Waals surface area contributed by atoms with Gasteiger partial charge in [-0.2, -0.15) is 22.6 Å². The summed E-state index contributed by atoms with van der Waals surface area (Å²) in [6, 6.07) is 22.3. The van der Waals surface area contributed by atoms with E-state index in [0.717, 1.165) is 20.8 Å². The van der Waals surface area contributed by atoms with Gasteiger partial charge in [-0.1, -0.05) is 42.5 Å². The molecule has 0 unspecified atom stereocenters. The number of nitrogens with zero attached hydrogens (tertiary/aromatic N) is 4. The number of carbonyl (C=O) groups is 2. The number of nitrogens with two attached hydrogens (primary N) is 1. The Bertz CT molecular complexity index is 2010. The maximum Gasteiger partial charge on any atom is 0.490 e. The first-order valence-corrected chi connectivity index (χ1v) is 15.8. The van der Waals surface area contributed by atoms with Gasteiger partial charge in [-0.15, -0.1) is 0 Å². The molecule has 258 valence electrons. The van der Waals surface area contributed by atoms with Crippen molar-refractivity contribution in [2.24, 2.45) is 10.9 Å². The van der Waals surface area contributed by atoms with Crippen molar-refractivity contribution < 1.29 is 45.9 Å². The lowest BCUT2D eigenvalue weighted by molar-refractivity contribution is -0.384. The number of hydrazone groups is 1. The zero-order valence-electron chi connectivity index (χ0n) is 25.8. The van der Waals surface area contributed by atoms with E-state index in [4.69, 9.17) is 20.5 Å². The van der Waals surface area contributed by atoms with Gasteiger partial charge >= 0.3 is 12.1 Å². The minimum Gasteiger partial charge on any atom is -0.497 e. The summed E-state index contributed by atoms with van der Waals surface area (Å²) in [6.07, 6.45) is -3.32. The maximum absolute atomic E-state index is 14.2. The number of alkyl halides is 3. The molecule has 0 aliphatic carbocycles. The first-order chi connectivity index (χ1) is 23.1. The molecule has 4 aromatic carbocycles. The van der Waals surface area contributed by atoms with Crippen LogP contribution in [-0.2, 0) is 32.7 Å². The van der Waals surface area contributed by atoms with E-state index in [9.17, 15) is 36.5 Å². The Morgan fingerprint density at radius 2 is 1.76 bits per heavy atom.